The Morgan fingerprint density at radius 2 is 1.84 bits per heavy atom. The smallest absolute Gasteiger partial charge is 0.247 e. The van der Waals surface area contributed by atoms with Crippen molar-refractivity contribution in [1.82, 2.24) is 15.5 Å². The standard InChI is InChI=1S/C13H22N4O2/c1-7-8(2)16-17-10(7)15-11(18)9(3)14-12(19)13(4,5)6/h9H,1-6H3,(H,14,19)(H2,15,16,17,18). The lowest BCUT2D eigenvalue weighted by Crippen LogP contribution is -2.46. The van der Waals surface area contributed by atoms with Crippen LogP contribution in [0.3, 0.4) is 0 Å². The van der Waals surface area contributed by atoms with Crippen LogP contribution in [0.25, 0.3) is 0 Å². The Hall–Kier alpha value is -1.85. The molecule has 1 unspecified atom stereocenters. The van der Waals surface area contributed by atoms with Crippen LogP contribution >= 0.6 is 0 Å². The lowest BCUT2D eigenvalue weighted by Gasteiger charge is -2.21. The van der Waals surface area contributed by atoms with Crippen molar-refractivity contribution < 1.29 is 9.59 Å². The van der Waals surface area contributed by atoms with E-state index in [9.17, 15) is 9.59 Å². The fourth-order valence-electron chi connectivity index (χ4n) is 1.31. The highest BCUT2D eigenvalue weighted by atomic mass is 16.2. The third-order valence-electron chi connectivity index (χ3n) is 2.92. The molecule has 1 heterocycles. The third-order valence-corrected chi connectivity index (χ3v) is 2.92. The lowest BCUT2D eigenvalue weighted by atomic mass is 9.95. The Morgan fingerprint density at radius 3 is 2.26 bits per heavy atom. The summed E-state index contributed by atoms with van der Waals surface area (Å²) in [4.78, 5) is 23.7. The van der Waals surface area contributed by atoms with Crippen molar-refractivity contribution in [2.75, 3.05) is 5.32 Å². The second-order valence-electron chi connectivity index (χ2n) is 5.76. The van der Waals surface area contributed by atoms with Crippen LogP contribution in [0.2, 0.25) is 0 Å². The summed E-state index contributed by atoms with van der Waals surface area (Å²) in [5, 5.41) is 12.2. The molecule has 6 nitrogen and oxygen atoms in total. The first kappa shape index (κ1) is 15.2. The number of aromatic nitrogens is 2. The van der Waals surface area contributed by atoms with Gasteiger partial charge in [0.15, 0.2) is 5.82 Å². The number of amides is 2. The maximum absolute atomic E-state index is 12.0. The molecule has 2 amide bonds. The van der Waals surface area contributed by atoms with Crippen molar-refractivity contribution in [3.63, 3.8) is 0 Å². The van der Waals surface area contributed by atoms with Crippen molar-refractivity contribution >= 4 is 17.6 Å². The van der Waals surface area contributed by atoms with Crippen molar-refractivity contribution in [1.29, 1.82) is 0 Å². The van der Waals surface area contributed by atoms with Crippen LogP contribution in [0.1, 0.15) is 39.0 Å². The van der Waals surface area contributed by atoms with E-state index in [-0.39, 0.29) is 11.8 Å². The summed E-state index contributed by atoms with van der Waals surface area (Å²) in [6.07, 6.45) is 0. The monoisotopic (exact) mass is 266 g/mol. The molecule has 0 saturated heterocycles. The molecular weight excluding hydrogens is 244 g/mol. The molecule has 1 atom stereocenters. The van der Waals surface area contributed by atoms with Crippen LogP contribution in [-0.4, -0.2) is 28.1 Å². The summed E-state index contributed by atoms with van der Waals surface area (Å²) in [6.45, 7) is 10.8. The fourth-order valence-corrected chi connectivity index (χ4v) is 1.31. The molecule has 0 saturated carbocycles. The third kappa shape index (κ3) is 3.81. The maximum atomic E-state index is 12.0. The van der Waals surface area contributed by atoms with Crippen LogP contribution in [0.5, 0.6) is 0 Å². The van der Waals surface area contributed by atoms with Crippen LogP contribution in [-0.2, 0) is 9.59 Å². The van der Waals surface area contributed by atoms with E-state index < -0.39 is 11.5 Å². The largest absolute Gasteiger partial charge is 0.344 e. The van der Waals surface area contributed by atoms with E-state index in [0.717, 1.165) is 11.3 Å². The number of H-pyrrole nitrogens is 1. The van der Waals surface area contributed by atoms with Gasteiger partial charge in [0.2, 0.25) is 11.8 Å². The summed E-state index contributed by atoms with van der Waals surface area (Å²) < 4.78 is 0. The van der Waals surface area contributed by atoms with Crippen LogP contribution in [0, 0.1) is 19.3 Å². The Bertz CT molecular complexity index is 485. The van der Waals surface area contributed by atoms with Gasteiger partial charge in [0.05, 0.1) is 0 Å². The lowest BCUT2D eigenvalue weighted by molar-refractivity contribution is -0.131. The van der Waals surface area contributed by atoms with Crippen LogP contribution < -0.4 is 10.6 Å². The number of nitrogens with zero attached hydrogens (tertiary/aromatic N) is 1. The molecule has 0 aliphatic heterocycles. The first-order chi connectivity index (χ1) is 8.62. The predicted molar refractivity (Wildman–Crippen MR) is 73.8 cm³/mol. The molecule has 3 N–H and O–H groups in total. The molecule has 1 aromatic heterocycles. The van der Waals surface area contributed by atoms with Gasteiger partial charge in [-0.25, -0.2) is 0 Å². The zero-order valence-corrected chi connectivity index (χ0v) is 12.3. The molecule has 19 heavy (non-hydrogen) atoms. The molecule has 0 aliphatic rings. The molecule has 0 aromatic carbocycles. The first-order valence-corrected chi connectivity index (χ1v) is 6.26. The SMILES string of the molecule is Cc1[nH]nc(NC(=O)C(C)NC(=O)C(C)(C)C)c1C. The number of carbonyl (C=O) groups excluding carboxylic acids is 2. The summed E-state index contributed by atoms with van der Waals surface area (Å²) in [5.74, 6) is 0.0524. The van der Waals surface area contributed by atoms with Crippen molar-refractivity contribution in [3.8, 4) is 0 Å². The highest BCUT2D eigenvalue weighted by Gasteiger charge is 2.25. The van der Waals surface area contributed by atoms with E-state index in [0.29, 0.717) is 5.82 Å². The minimum absolute atomic E-state index is 0.162. The predicted octanol–water partition coefficient (Wildman–Crippen LogP) is 1.52. The van der Waals surface area contributed by atoms with Gasteiger partial charge in [0, 0.05) is 16.7 Å². The second-order valence-corrected chi connectivity index (χ2v) is 5.76. The molecule has 1 rings (SSSR count). The number of rotatable bonds is 3. The summed E-state index contributed by atoms with van der Waals surface area (Å²) in [5.41, 5.74) is 1.28. The Labute approximate surface area is 113 Å². The number of carbonyl (C=O) groups is 2. The molecule has 106 valence electrons. The molecule has 0 aliphatic carbocycles. The van der Waals surface area contributed by atoms with Gasteiger partial charge in [0.1, 0.15) is 6.04 Å². The highest BCUT2D eigenvalue weighted by Crippen LogP contribution is 2.15. The number of aryl methyl sites for hydroxylation is 1. The maximum Gasteiger partial charge on any atom is 0.247 e. The Morgan fingerprint density at radius 1 is 1.26 bits per heavy atom. The number of hydrogen-bond donors (Lipinski definition) is 3. The van der Waals surface area contributed by atoms with Crippen molar-refractivity contribution in [2.45, 2.75) is 47.6 Å². The summed E-state index contributed by atoms with van der Waals surface area (Å²) in [6, 6.07) is -0.608. The average molecular weight is 266 g/mol. The number of hydrogen-bond acceptors (Lipinski definition) is 3. The molecule has 0 bridgehead atoms. The highest BCUT2D eigenvalue weighted by molar-refractivity contribution is 5.97. The zero-order valence-electron chi connectivity index (χ0n) is 12.3. The van der Waals surface area contributed by atoms with E-state index in [1.807, 2.05) is 13.8 Å². The molecular formula is C13H22N4O2. The van der Waals surface area contributed by atoms with Gasteiger partial charge in [-0.15, -0.1) is 0 Å². The Balaban J connectivity index is 2.64. The zero-order chi connectivity index (χ0) is 14.8. The van der Waals surface area contributed by atoms with E-state index in [1.54, 1.807) is 27.7 Å². The molecule has 1 aromatic rings. The van der Waals surface area contributed by atoms with E-state index in [4.69, 9.17) is 0 Å². The quantitative estimate of drug-likeness (QED) is 0.775. The number of aromatic amines is 1. The van der Waals surface area contributed by atoms with Gasteiger partial charge in [-0.1, -0.05) is 20.8 Å². The summed E-state index contributed by atoms with van der Waals surface area (Å²) >= 11 is 0. The van der Waals surface area contributed by atoms with Gasteiger partial charge >= 0.3 is 0 Å². The number of nitrogens with one attached hydrogen (secondary N) is 3. The minimum atomic E-state index is -0.608. The molecule has 0 radical (unpaired) electrons. The van der Waals surface area contributed by atoms with Crippen molar-refractivity contribution in [3.05, 3.63) is 11.3 Å². The average Bonchev–Trinajstić information content (AvgIpc) is 2.59. The van der Waals surface area contributed by atoms with E-state index >= 15 is 0 Å². The molecule has 6 heteroatoms. The van der Waals surface area contributed by atoms with E-state index in [2.05, 4.69) is 20.8 Å². The van der Waals surface area contributed by atoms with E-state index in [1.165, 1.54) is 0 Å². The topological polar surface area (TPSA) is 86.9 Å². The molecule has 0 spiro atoms. The minimum Gasteiger partial charge on any atom is -0.344 e. The molecule has 0 fully saturated rings. The van der Waals surface area contributed by atoms with Gasteiger partial charge in [-0.3, -0.25) is 14.7 Å². The Kier molecular flexibility index (Phi) is 4.34. The van der Waals surface area contributed by atoms with Crippen molar-refractivity contribution in [2.24, 2.45) is 5.41 Å². The van der Waals surface area contributed by atoms with Gasteiger partial charge in [-0.2, -0.15) is 5.10 Å². The van der Waals surface area contributed by atoms with Gasteiger partial charge in [0.25, 0.3) is 0 Å². The normalized spacial score (nSPS) is 12.9. The fraction of sp³-hybridized carbons (Fsp3) is 0.615. The van der Waals surface area contributed by atoms with Crippen LogP contribution in [0.4, 0.5) is 5.82 Å². The van der Waals surface area contributed by atoms with Crippen LogP contribution in [0.15, 0.2) is 0 Å². The summed E-state index contributed by atoms with van der Waals surface area (Å²) in [7, 11) is 0. The number of anilines is 1. The van der Waals surface area contributed by atoms with Gasteiger partial charge < -0.3 is 10.6 Å². The first-order valence-electron chi connectivity index (χ1n) is 6.26. The van der Waals surface area contributed by atoms with Gasteiger partial charge in [-0.05, 0) is 20.8 Å². The second kappa shape index (κ2) is 5.42.